The minimum absolute atomic E-state index is 1.13. The molecular formula is C84H51N. The number of rotatable bonds is 6. The normalized spacial score (nSPS) is 14.0. The Bertz CT molecular complexity index is 4930. The van der Waals surface area contributed by atoms with E-state index in [1.165, 1.54) is 164 Å². The Morgan fingerprint density at radius 1 is 0.165 bits per heavy atom. The van der Waals surface area contributed by atoms with Gasteiger partial charge in [-0.3, -0.25) is 0 Å². The van der Waals surface area contributed by atoms with Gasteiger partial charge in [0.25, 0.3) is 0 Å². The average Bonchev–Trinajstić information content (AvgIpc) is 1.31. The summed E-state index contributed by atoms with van der Waals surface area (Å²) in [6.07, 6.45) is 14.8. The first-order valence-electron chi connectivity index (χ1n) is 29.5. The van der Waals surface area contributed by atoms with E-state index in [0.717, 1.165) is 17.1 Å². The Hall–Kier alpha value is -11.1. The van der Waals surface area contributed by atoms with Gasteiger partial charge in [0.1, 0.15) is 0 Å². The molecule has 0 unspecified atom stereocenters. The summed E-state index contributed by atoms with van der Waals surface area (Å²) in [4.78, 5) is 2.49. The molecule has 0 fully saturated rings. The van der Waals surface area contributed by atoms with Gasteiger partial charge in [0, 0.05) is 17.1 Å². The van der Waals surface area contributed by atoms with Crippen LogP contribution in [0.2, 0.25) is 0 Å². The van der Waals surface area contributed by atoms with Gasteiger partial charge in [0.05, 0.1) is 0 Å². The van der Waals surface area contributed by atoms with Gasteiger partial charge in [0.2, 0.25) is 0 Å². The fourth-order valence-corrected chi connectivity index (χ4v) is 14.8. The molecule has 1 heteroatoms. The number of allylic oxidation sites excluding steroid dienone is 9. The summed E-state index contributed by atoms with van der Waals surface area (Å²) < 4.78 is 0. The average molecular weight is 1070 g/mol. The number of nitrogens with zero attached hydrogens (tertiary/aromatic N) is 1. The third kappa shape index (κ3) is 7.37. The Labute approximate surface area is 492 Å². The smallest absolute Gasteiger partial charge is 0.0474 e. The molecule has 0 spiro atoms. The van der Waals surface area contributed by atoms with Crippen molar-refractivity contribution in [3.63, 3.8) is 0 Å². The summed E-state index contributed by atoms with van der Waals surface area (Å²) in [5.41, 5.74) is 18.1. The van der Waals surface area contributed by atoms with Crippen LogP contribution < -0.4 is 0 Å². The maximum atomic E-state index is 2.49. The standard InChI is InChI=1S/C84H51N/c1-4-22-55-43-58(40-37-52(55)19-1)79-67-25-7-13-31-73(67)82(74-32-14-8-26-68(74)79)61-46-64-48-62(83-75-33-15-9-27-69(75)80(70-28-10-16-34-76(70)83)59-41-38-53-20-2-5-23-56(53)44-59)50-66-51-63(49-65(47-61)85(64)66)84-77-35-17-11-29-71(77)81(72-30-12-18-36-78(72)84)60-42-39-54-21-3-6-24-57(54)45-60/h1-51H. The fourth-order valence-electron chi connectivity index (χ4n) is 14.8. The van der Waals surface area contributed by atoms with E-state index in [9.17, 15) is 0 Å². The molecule has 0 aliphatic carbocycles. The van der Waals surface area contributed by atoms with Gasteiger partial charge in [-0.05, 0) is 218 Å². The summed E-state index contributed by atoms with van der Waals surface area (Å²) >= 11 is 0. The van der Waals surface area contributed by atoms with E-state index in [1.807, 2.05) is 0 Å². The van der Waals surface area contributed by atoms with Gasteiger partial charge in [-0.25, -0.2) is 0 Å². The van der Waals surface area contributed by atoms with Gasteiger partial charge < -0.3 is 4.90 Å². The summed E-state index contributed by atoms with van der Waals surface area (Å²) in [6, 6.07) is 101. The van der Waals surface area contributed by atoms with E-state index >= 15 is 0 Å². The second-order valence-corrected chi connectivity index (χ2v) is 23.1. The first-order valence-corrected chi connectivity index (χ1v) is 29.5. The second kappa shape index (κ2) is 18.7. The van der Waals surface area contributed by atoms with Gasteiger partial charge in [0.15, 0.2) is 0 Å². The summed E-state index contributed by atoms with van der Waals surface area (Å²) in [5.74, 6) is 0. The van der Waals surface area contributed by atoms with E-state index in [1.54, 1.807) is 0 Å². The molecule has 18 rings (SSSR count). The van der Waals surface area contributed by atoms with Crippen LogP contribution in [0.1, 0.15) is 16.7 Å². The lowest BCUT2D eigenvalue weighted by molar-refractivity contribution is 0.567. The van der Waals surface area contributed by atoms with Crippen LogP contribution in [-0.2, 0) is 0 Å². The molecule has 15 aromatic rings. The molecule has 0 atom stereocenters. The molecule has 392 valence electrons. The van der Waals surface area contributed by atoms with Crippen molar-refractivity contribution in [2.45, 2.75) is 0 Å². The molecule has 1 nitrogen and oxygen atoms in total. The first kappa shape index (κ1) is 47.5. The Kier molecular flexibility index (Phi) is 10.5. The van der Waals surface area contributed by atoms with E-state index in [4.69, 9.17) is 0 Å². The molecule has 0 bridgehead atoms. The third-order valence-electron chi connectivity index (χ3n) is 18.4. The lowest BCUT2D eigenvalue weighted by Gasteiger charge is -2.38. The Balaban J connectivity index is 0.913. The minimum Gasteiger partial charge on any atom is -0.310 e. The van der Waals surface area contributed by atoms with Crippen LogP contribution >= 0.6 is 0 Å². The summed E-state index contributed by atoms with van der Waals surface area (Å²) in [6.45, 7) is 0. The molecule has 3 heterocycles. The molecular weight excluding hydrogens is 1020 g/mol. The van der Waals surface area contributed by atoms with Crippen LogP contribution in [0.5, 0.6) is 0 Å². The second-order valence-electron chi connectivity index (χ2n) is 23.1. The van der Waals surface area contributed by atoms with Gasteiger partial charge in [-0.1, -0.05) is 255 Å². The van der Waals surface area contributed by atoms with Crippen LogP contribution in [0.3, 0.4) is 0 Å². The van der Waals surface area contributed by atoms with E-state index in [-0.39, 0.29) is 0 Å². The predicted molar refractivity (Wildman–Crippen MR) is 363 cm³/mol. The number of fused-ring (bicyclic) bond motifs is 9. The zero-order valence-electron chi connectivity index (χ0n) is 46.4. The van der Waals surface area contributed by atoms with Crippen molar-refractivity contribution in [2.24, 2.45) is 0 Å². The highest BCUT2D eigenvalue weighted by atomic mass is 15.2. The minimum atomic E-state index is 1.13. The van der Waals surface area contributed by atoms with Crippen LogP contribution in [0.4, 0.5) is 0 Å². The maximum absolute atomic E-state index is 2.49. The van der Waals surface area contributed by atoms with Crippen LogP contribution in [-0.4, -0.2) is 4.90 Å². The molecule has 3 aliphatic heterocycles. The van der Waals surface area contributed by atoms with Crippen molar-refractivity contribution in [2.75, 3.05) is 0 Å². The Morgan fingerprint density at radius 2 is 0.365 bits per heavy atom. The molecule has 85 heavy (non-hydrogen) atoms. The molecule has 0 radical (unpaired) electrons. The molecule has 0 N–H and O–H groups in total. The van der Waals surface area contributed by atoms with Crippen molar-refractivity contribution < 1.29 is 0 Å². The molecule has 15 aromatic carbocycles. The Morgan fingerprint density at radius 3 is 0.600 bits per heavy atom. The highest BCUT2D eigenvalue weighted by Crippen LogP contribution is 2.52. The third-order valence-corrected chi connectivity index (χ3v) is 18.4. The van der Waals surface area contributed by atoms with Crippen molar-refractivity contribution >= 4 is 114 Å². The topological polar surface area (TPSA) is 3.24 Å². The quantitative estimate of drug-likeness (QED) is 0.150. The molecule has 0 amide bonds. The van der Waals surface area contributed by atoms with Gasteiger partial charge in [-0.15, -0.1) is 0 Å². The summed E-state index contributed by atoms with van der Waals surface area (Å²) in [7, 11) is 0. The molecule has 0 saturated carbocycles. The van der Waals surface area contributed by atoms with Crippen molar-refractivity contribution in [1.82, 2.24) is 4.90 Å². The lowest BCUT2D eigenvalue weighted by Crippen LogP contribution is -2.26. The van der Waals surface area contributed by atoms with E-state index in [2.05, 4.69) is 314 Å². The maximum Gasteiger partial charge on any atom is 0.0474 e. The number of hydrogen-bond donors (Lipinski definition) is 0. The number of hydrogen-bond acceptors (Lipinski definition) is 1. The SMILES string of the molecule is C1=C(c2c3ccccc3c(-c3ccc4ccccc4c3)c3ccccc23)C=C2C=C(c3c4ccccc4c(-c4ccc5ccccc5c4)c4ccccc34)C=C3C=C(c4c5ccccc5c(-c5ccc6ccccc6c5)c5ccccc45)C=C1N23. The molecule has 0 aromatic heterocycles. The van der Waals surface area contributed by atoms with Gasteiger partial charge >= 0.3 is 0 Å². The molecule has 3 aliphatic rings. The van der Waals surface area contributed by atoms with Crippen molar-refractivity contribution in [3.8, 4) is 33.4 Å². The van der Waals surface area contributed by atoms with E-state index in [0.29, 0.717) is 0 Å². The largest absolute Gasteiger partial charge is 0.310 e. The number of benzene rings is 15. The fraction of sp³-hybridized carbons (Fsp3) is 0. The zero-order chi connectivity index (χ0) is 55.7. The highest BCUT2D eigenvalue weighted by Gasteiger charge is 2.32. The van der Waals surface area contributed by atoms with Crippen LogP contribution in [0, 0.1) is 0 Å². The monoisotopic (exact) mass is 1070 g/mol. The van der Waals surface area contributed by atoms with Crippen molar-refractivity contribution in [1.29, 1.82) is 0 Å². The predicted octanol–water partition coefficient (Wildman–Crippen LogP) is 22.6. The highest BCUT2D eigenvalue weighted by molar-refractivity contribution is 6.24. The summed E-state index contributed by atoms with van der Waals surface area (Å²) in [5, 5.41) is 22.2. The van der Waals surface area contributed by atoms with Crippen LogP contribution in [0.25, 0.3) is 147 Å². The molecule has 0 saturated heterocycles. The zero-order valence-corrected chi connectivity index (χ0v) is 46.4. The van der Waals surface area contributed by atoms with E-state index < -0.39 is 0 Å². The van der Waals surface area contributed by atoms with Crippen LogP contribution in [0.15, 0.2) is 327 Å². The lowest BCUT2D eigenvalue weighted by atomic mass is 9.81. The van der Waals surface area contributed by atoms with Gasteiger partial charge in [-0.2, -0.15) is 0 Å². The first-order chi connectivity index (χ1) is 42.1. The van der Waals surface area contributed by atoms with Crippen molar-refractivity contribution in [3.05, 3.63) is 343 Å².